The molecule has 188 valence electrons. The summed E-state index contributed by atoms with van der Waals surface area (Å²) in [5.74, 6) is -0.484. The summed E-state index contributed by atoms with van der Waals surface area (Å²) in [7, 11) is 1.61. The number of ether oxygens (including phenoxy) is 4. The molecule has 1 spiro atoms. The monoisotopic (exact) mass is 492 g/mol. The first-order valence-electron chi connectivity index (χ1n) is 11.5. The minimum atomic E-state index is -0.773. The number of nitrogen functional groups attached to an aromatic ring is 1. The fraction of sp³-hybridized carbons (Fsp3) is 0.600. The number of nitrogens with one attached hydrogen (secondary N) is 1. The predicted molar refractivity (Wildman–Crippen MR) is 132 cm³/mol. The minimum absolute atomic E-state index is 0.0855. The number of amides is 2. The van der Waals surface area contributed by atoms with Gasteiger partial charge in [-0.2, -0.15) is 0 Å². The molecule has 3 unspecified atom stereocenters. The van der Waals surface area contributed by atoms with Crippen molar-refractivity contribution in [2.24, 2.45) is 5.92 Å². The molecule has 1 aromatic rings. The number of alkyl carbamates (subject to hydrolysis) is 1. The summed E-state index contributed by atoms with van der Waals surface area (Å²) in [6.45, 7) is 9.20. The highest BCUT2D eigenvalue weighted by molar-refractivity contribution is 8.00. The van der Waals surface area contributed by atoms with Gasteiger partial charge in [0.2, 0.25) is 5.91 Å². The molecule has 1 saturated carbocycles. The van der Waals surface area contributed by atoms with E-state index in [2.05, 4.69) is 5.32 Å². The molecule has 2 aliphatic rings. The van der Waals surface area contributed by atoms with E-state index in [-0.39, 0.29) is 17.3 Å². The van der Waals surface area contributed by atoms with Crippen molar-refractivity contribution in [3.8, 4) is 0 Å². The third-order valence-corrected chi connectivity index (χ3v) is 7.36. The SMILES string of the molecule is COC1C(OC(=O)NC(=O)CSc2ccc(N)cc2)CC[C@]2(CO2)C1C(C)(C)OCC=C(C)C. The number of anilines is 1. The van der Waals surface area contributed by atoms with E-state index in [0.29, 0.717) is 25.3 Å². The Morgan fingerprint density at radius 1 is 1.29 bits per heavy atom. The number of carbonyl (C=O) groups excluding carboxylic acids is 2. The second-order valence-electron chi connectivity index (χ2n) is 9.62. The van der Waals surface area contributed by atoms with Crippen LogP contribution in [0.2, 0.25) is 0 Å². The summed E-state index contributed by atoms with van der Waals surface area (Å²) in [5.41, 5.74) is 6.59. The van der Waals surface area contributed by atoms with Gasteiger partial charge in [-0.1, -0.05) is 11.6 Å². The highest BCUT2D eigenvalue weighted by atomic mass is 32.2. The summed E-state index contributed by atoms with van der Waals surface area (Å²) in [5, 5.41) is 2.32. The van der Waals surface area contributed by atoms with Gasteiger partial charge < -0.3 is 24.7 Å². The van der Waals surface area contributed by atoms with Crippen LogP contribution in [0.4, 0.5) is 10.5 Å². The van der Waals surface area contributed by atoms with E-state index in [9.17, 15) is 9.59 Å². The second-order valence-corrected chi connectivity index (χ2v) is 10.7. The van der Waals surface area contributed by atoms with Crippen molar-refractivity contribution < 1.29 is 28.5 Å². The van der Waals surface area contributed by atoms with Gasteiger partial charge in [-0.05, 0) is 64.8 Å². The number of imide groups is 1. The van der Waals surface area contributed by atoms with E-state index in [1.165, 1.54) is 17.3 Å². The normalized spacial score (nSPS) is 26.1. The zero-order valence-electron chi connectivity index (χ0n) is 20.6. The van der Waals surface area contributed by atoms with Gasteiger partial charge in [0.1, 0.15) is 12.2 Å². The van der Waals surface area contributed by atoms with Gasteiger partial charge in [0.25, 0.3) is 0 Å². The van der Waals surface area contributed by atoms with E-state index >= 15 is 0 Å². The molecule has 1 saturated heterocycles. The Hall–Kier alpha value is -2.07. The molecule has 3 rings (SSSR count). The van der Waals surface area contributed by atoms with Crippen molar-refractivity contribution in [2.75, 3.05) is 31.8 Å². The molecule has 0 bridgehead atoms. The number of methoxy groups -OCH3 is 1. The maximum absolute atomic E-state index is 12.5. The summed E-state index contributed by atoms with van der Waals surface area (Å²) < 4.78 is 23.7. The summed E-state index contributed by atoms with van der Waals surface area (Å²) in [4.78, 5) is 25.7. The number of allylic oxidation sites excluding steroid dienone is 1. The van der Waals surface area contributed by atoms with Gasteiger partial charge in [0.05, 0.1) is 30.2 Å². The molecular formula is C25H36N2O6S. The molecule has 8 nitrogen and oxygen atoms in total. The number of thioether (sulfide) groups is 1. The maximum atomic E-state index is 12.5. The van der Waals surface area contributed by atoms with Crippen LogP contribution in [0, 0.1) is 5.92 Å². The summed E-state index contributed by atoms with van der Waals surface area (Å²) >= 11 is 1.31. The van der Waals surface area contributed by atoms with E-state index in [4.69, 9.17) is 24.7 Å². The number of carbonyl (C=O) groups is 2. The molecule has 1 aliphatic heterocycles. The molecule has 1 heterocycles. The number of benzene rings is 1. The van der Waals surface area contributed by atoms with Crippen molar-refractivity contribution in [2.45, 2.75) is 68.8 Å². The Bertz CT molecular complexity index is 893. The van der Waals surface area contributed by atoms with E-state index in [0.717, 1.165) is 11.3 Å². The maximum Gasteiger partial charge on any atom is 0.414 e. The van der Waals surface area contributed by atoms with E-state index < -0.39 is 29.8 Å². The average Bonchev–Trinajstić information content (AvgIpc) is 3.53. The Morgan fingerprint density at radius 2 is 1.97 bits per heavy atom. The van der Waals surface area contributed by atoms with E-state index in [1.807, 2.05) is 45.9 Å². The molecule has 2 amide bonds. The number of hydrogen-bond acceptors (Lipinski definition) is 8. The number of hydrogen-bond donors (Lipinski definition) is 2. The van der Waals surface area contributed by atoms with Crippen molar-refractivity contribution >= 4 is 29.4 Å². The Kier molecular flexibility index (Phi) is 8.67. The quantitative estimate of drug-likeness (QED) is 0.231. The van der Waals surface area contributed by atoms with E-state index in [1.54, 1.807) is 19.2 Å². The standard InChI is InChI=1S/C25H36N2O6S/c1-16(2)11-13-31-24(3,4)22-21(30-5)19(10-12-25(22)15-32-25)33-23(29)27-20(28)14-34-18-8-6-17(26)7-9-18/h6-9,11,19,21-22H,10,12-15,26H2,1-5H3,(H,27,28,29)/t19?,21?,22?,25-/m0/s1. The fourth-order valence-electron chi connectivity index (χ4n) is 4.62. The molecule has 1 aromatic carbocycles. The highest BCUT2D eigenvalue weighted by Gasteiger charge is 2.64. The van der Waals surface area contributed by atoms with Crippen LogP contribution < -0.4 is 11.1 Å². The molecule has 0 aromatic heterocycles. The molecule has 1 aliphatic carbocycles. The van der Waals surface area contributed by atoms with Crippen LogP contribution in [0.1, 0.15) is 40.5 Å². The van der Waals surface area contributed by atoms with Gasteiger partial charge in [-0.3, -0.25) is 10.1 Å². The van der Waals surface area contributed by atoms with Gasteiger partial charge in [-0.25, -0.2) is 4.79 Å². The summed E-state index contributed by atoms with van der Waals surface area (Å²) in [6, 6.07) is 7.18. The lowest BCUT2D eigenvalue weighted by atomic mass is 9.68. The highest BCUT2D eigenvalue weighted by Crippen LogP contribution is 2.52. The largest absolute Gasteiger partial charge is 0.443 e. The zero-order chi connectivity index (χ0) is 24.9. The van der Waals surface area contributed by atoms with Crippen LogP contribution in [0.15, 0.2) is 40.8 Å². The number of nitrogens with two attached hydrogens (primary N) is 1. The minimum Gasteiger partial charge on any atom is -0.443 e. The molecule has 4 atom stereocenters. The second kappa shape index (κ2) is 11.1. The average molecular weight is 493 g/mol. The number of epoxide rings is 1. The third kappa shape index (κ3) is 6.75. The molecule has 34 heavy (non-hydrogen) atoms. The Balaban J connectivity index is 1.59. The van der Waals surface area contributed by atoms with Gasteiger partial charge >= 0.3 is 6.09 Å². The molecular weight excluding hydrogens is 456 g/mol. The molecule has 2 fully saturated rings. The smallest absolute Gasteiger partial charge is 0.414 e. The van der Waals surface area contributed by atoms with Crippen LogP contribution in [0.25, 0.3) is 0 Å². The lowest BCUT2D eigenvalue weighted by molar-refractivity contribution is -0.172. The topological polar surface area (TPSA) is 112 Å². The fourth-order valence-corrected chi connectivity index (χ4v) is 5.32. The van der Waals surface area contributed by atoms with Crippen LogP contribution >= 0.6 is 11.8 Å². The third-order valence-electron chi connectivity index (χ3n) is 6.35. The van der Waals surface area contributed by atoms with Crippen LogP contribution in [-0.2, 0) is 23.7 Å². The van der Waals surface area contributed by atoms with Crippen molar-refractivity contribution in [1.29, 1.82) is 0 Å². The zero-order valence-corrected chi connectivity index (χ0v) is 21.4. The Morgan fingerprint density at radius 3 is 2.56 bits per heavy atom. The van der Waals surface area contributed by atoms with Gasteiger partial charge in [0, 0.05) is 23.6 Å². The molecule has 9 heteroatoms. The van der Waals surface area contributed by atoms with Crippen molar-refractivity contribution in [1.82, 2.24) is 5.32 Å². The van der Waals surface area contributed by atoms with Crippen molar-refractivity contribution in [3.63, 3.8) is 0 Å². The van der Waals surface area contributed by atoms with Gasteiger partial charge in [0.15, 0.2) is 0 Å². The van der Waals surface area contributed by atoms with Crippen LogP contribution in [0.5, 0.6) is 0 Å². The summed E-state index contributed by atoms with van der Waals surface area (Å²) in [6.07, 6.45) is 1.62. The first-order valence-corrected chi connectivity index (χ1v) is 12.5. The molecule has 3 N–H and O–H groups in total. The molecule has 0 radical (unpaired) electrons. The lowest BCUT2D eigenvalue weighted by Crippen LogP contribution is -2.59. The number of rotatable bonds is 9. The Labute approximate surface area is 205 Å². The predicted octanol–water partition coefficient (Wildman–Crippen LogP) is 3.94. The van der Waals surface area contributed by atoms with Crippen molar-refractivity contribution in [3.05, 3.63) is 35.9 Å². The lowest BCUT2D eigenvalue weighted by Gasteiger charge is -2.47. The first kappa shape index (κ1) is 26.5. The van der Waals surface area contributed by atoms with Gasteiger partial charge in [-0.15, -0.1) is 11.8 Å². The van der Waals surface area contributed by atoms with Crippen LogP contribution in [-0.4, -0.2) is 61.5 Å². The van der Waals surface area contributed by atoms with Crippen LogP contribution in [0.3, 0.4) is 0 Å². The first-order chi connectivity index (χ1) is 16.1.